The molecule has 0 aliphatic heterocycles. The minimum absolute atomic E-state index is 0.00370. The molecular formula is C14H22N4O4S. The number of hydrogen-bond acceptors (Lipinski definition) is 4. The van der Waals surface area contributed by atoms with Gasteiger partial charge >= 0.3 is 6.03 Å². The number of benzene rings is 1. The number of nitrogens with one attached hydrogen (secondary N) is 4. The lowest BCUT2D eigenvalue weighted by Gasteiger charge is -2.10. The molecule has 9 heteroatoms. The average Bonchev–Trinajstić information content (AvgIpc) is 2.44. The Morgan fingerprint density at radius 2 is 1.74 bits per heavy atom. The van der Waals surface area contributed by atoms with Crippen molar-refractivity contribution in [2.75, 3.05) is 28.9 Å². The third-order valence-corrected chi connectivity index (χ3v) is 3.94. The van der Waals surface area contributed by atoms with E-state index in [-0.39, 0.29) is 18.2 Å². The van der Waals surface area contributed by atoms with Crippen molar-refractivity contribution in [1.29, 1.82) is 0 Å². The average molecular weight is 342 g/mol. The van der Waals surface area contributed by atoms with Gasteiger partial charge in [-0.05, 0) is 24.6 Å². The van der Waals surface area contributed by atoms with Gasteiger partial charge in [-0.15, -0.1) is 0 Å². The Morgan fingerprint density at radius 1 is 1.09 bits per heavy atom. The van der Waals surface area contributed by atoms with E-state index in [1.807, 2.05) is 6.92 Å². The van der Waals surface area contributed by atoms with E-state index in [4.69, 9.17) is 0 Å². The molecule has 0 aliphatic carbocycles. The molecule has 0 radical (unpaired) electrons. The molecule has 23 heavy (non-hydrogen) atoms. The highest BCUT2D eigenvalue weighted by Gasteiger charge is 2.11. The van der Waals surface area contributed by atoms with Gasteiger partial charge in [0, 0.05) is 25.7 Å². The predicted octanol–water partition coefficient (Wildman–Crippen LogP) is 1.10. The van der Waals surface area contributed by atoms with Crippen molar-refractivity contribution < 1.29 is 18.0 Å². The van der Waals surface area contributed by atoms with Crippen molar-refractivity contribution in [2.24, 2.45) is 0 Å². The SMILES string of the molecule is CCCNC(=O)NCCS(=O)(=O)Nc1cccc(NC(C)=O)c1. The third-order valence-electron chi connectivity index (χ3n) is 2.65. The zero-order chi connectivity index (χ0) is 17.3. The van der Waals surface area contributed by atoms with Crippen molar-refractivity contribution in [3.63, 3.8) is 0 Å². The van der Waals surface area contributed by atoms with Gasteiger partial charge in [-0.2, -0.15) is 0 Å². The zero-order valence-electron chi connectivity index (χ0n) is 13.2. The van der Waals surface area contributed by atoms with Crippen LogP contribution in [0.25, 0.3) is 0 Å². The highest BCUT2D eigenvalue weighted by atomic mass is 32.2. The van der Waals surface area contributed by atoms with Gasteiger partial charge in [-0.1, -0.05) is 13.0 Å². The van der Waals surface area contributed by atoms with Crippen molar-refractivity contribution in [2.45, 2.75) is 20.3 Å². The molecule has 0 saturated carbocycles. The fraction of sp³-hybridized carbons (Fsp3) is 0.429. The quantitative estimate of drug-likeness (QED) is 0.566. The number of amides is 3. The maximum Gasteiger partial charge on any atom is 0.314 e. The maximum absolute atomic E-state index is 12.0. The highest BCUT2D eigenvalue weighted by molar-refractivity contribution is 7.92. The fourth-order valence-corrected chi connectivity index (χ4v) is 2.65. The monoisotopic (exact) mass is 342 g/mol. The molecule has 128 valence electrons. The van der Waals surface area contributed by atoms with Crippen molar-refractivity contribution in [1.82, 2.24) is 10.6 Å². The summed E-state index contributed by atoms with van der Waals surface area (Å²) in [4.78, 5) is 22.3. The molecule has 0 spiro atoms. The molecule has 1 aromatic rings. The van der Waals surface area contributed by atoms with Crippen LogP contribution in [0, 0.1) is 0 Å². The van der Waals surface area contributed by atoms with Gasteiger partial charge in [0.15, 0.2) is 0 Å². The van der Waals surface area contributed by atoms with Crippen LogP contribution in [0.5, 0.6) is 0 Å². The Kier molecular flexibility index (Phi) is 7.33. The summed E-state index contributed by atoms with van der Waals surface area (Å²) in [6.07, 6.45) is 0.803. The summed E-state index contributed by atoms with van der Waals surface area (Å²) in [5.41, 5.74) is 0.835. The summed E-state index contributed by atoms with van der Waals surface area (Å²) < 4.78 is 26.3. The van der Waals surface area contributed by atoms with Gasteiger partial charge in [0.05, 0.1) is 11.4 Å². The number of anilines is 2. The van der Waals surface area contributed by atoms with Crippen LogP contribution in [-0.4, -0.2) is 39.2 Å². The van der Waals surface area contributed by atoms with Gasteiger partial charge in [0.1, 0.15) is 0 Å². The first-order valence-electron chi connectivity index (χ1n) is 7.22. The van der Waals surface area contributed by atoms with Crippen LogP contribution in [0.2, 0.25) is 0 Å². The molecule has 0 atom stereocenters. The molecule has 0 heterocycles. The summed E-state index contributed by atoms with van der Waals surface area (Å²) in [7, 11) is -3.60. The molecule has 0 unspecified atom stereocenters. The van der Waals surface area contributed by atoms with Gasteiger partial charge in [0.25, 0.3) is 0 Å². The topological polar surface area (TPSA) is 116 Å². The standard InChI is InChI=1S/C14H22N4O4S/c1-3-7-15-14(20)16-8-9-23(21,22)18-13-6-4-5-12(10-13)17-11(2)19/h4-6,10,18H,3,7-9H2,1-2H3,(H,17,19)(H2,15,16,20). The first kappa shape index (κ1) is 18.8. The van der Waals surface area contributed by atoms with Crippen LogP contribution in [0.15, 0.2) is 24.3 Å². The summed E-state index contributed by atoms with van der Waals surface area (Å²) in [5, 5.41) is 7.63. The van der Waals surface area contributed by atoms with Crippen molar-refractivity contribution >= 4 is 33.3 Å². The molecule has 8 nitrogen and oxygen atoms in total. The van der Waals surface area contributed by atoms with Crippen LogP contribution in [0.4, 0.5) is 16.2 Å². The first-order chi connectivity index (χ1) is 10.8. The number of carbonyl (C=O) groups is 2. The Labute approximate surface area is 136 Å². The third kappa shape index (κ3) is 8.05. The normalized spacial score (nSPS) is 10.7. The van der Waals surface area contributed by atoms with Gasteiger partial charge in [-0.3, -0.25) is 9.52 Å². The minimum Gasteiger partial charge on any atom is -0.338 e. The molecule has 0 aromatic heterocycles. The van der Waals surface area contributed by atoms with Gasteiger partial charge in [-0.25, -0.2) is 13.2 Å². The van der Waals surface area contributed by atoms with Crippen LogP contribution < -0.4 is 20.7 Å². The van der Waals surface area contributed by atoms with Crippen LogP contribution in [0.1, 0.15) is 20.3 Å². The Hall–Kier alpha value is -2.29. The summed E-state index contributed by atoms with van der Waals surface area (Å²) in [5.74, 6) is -0.496. The maximum atomic E-state index is 12.0. The lowest BCUT2D eigenvalue weighted by Crippen LogP contribution is -2.39. The largest absolute Gasteiger partial charge is 0.338 e. The van der Waals surface area contributed by atoms with Crippen molar-refractivity contribution in [3.8, 4) is 0 Å². The molecule has 3 amide bonds. The number of sulfonamides is 1. The van der Waals surface area contributed by atoms with E-state index in [0.717, 1.165) is 6.42 Å². The summed E-state index contributed by atoms with van der Waals surface area (Å²) in [6, 6.07) is 5.97. The molecule has 1 aromatic carbocycles. The van der Waals surface area contributed by atoms with E-state index in [9.17, 15) is 18.0 Å². The fourth-order valence-electron chi connectivity index (χ4n) is 1.69. The van der Waals surface area contributed by atoms with Crippen LogP contribution >= 0.6 is 0 Å². The number of carbonyl (C=O) groups excluding carboxylic acids is 2. The molecule has 4 N–H and O–H groups in total. The van der Waals surface area contributed by atoms with Crippen LogP contribution in [-0.2, 0) is 14.8 Å². The second-order valence-corrected chi connectivity index (χ2v) is 6.71. The Morgan fingerprint density at radius 3 is 2.39 bits per heavy atom. The van der Waals surface area contributed by atoms with E-state index in [1.165, 1.54) is 13.0 Å². The minimum atomic E-state index is -3.60. The van der Waals surface area contributed by atoms with E-state index in [1.54, 1.807) is 18.2 Å². The van der Waals surface area contributed by atoms with Gasteiger partial charge in [0.2, 0.25) is 15.9 Å². The number of urea groups is 1. The van der Waals surface area contributed by atoms with E-state index >= 15 is 0 Å². The van der Waals surface area contributed by atoms with E-state index in [0.29, 0.717) is 17.9 Å². The molecular weight excluding hydrogens is 320 g/mol. The second kappa shape index (κ2) is 8.99. The van der Waals surface area contributed by atoms with Gasteiger partial charge < -0.3 is 16.0 Å². The van der Waals surface area contributed by atoms with E-state index < -0.39 is 16.1 Å². The number of hydrogen-bond donors (Lipinski definition) is 4. The molecule has 0 aliphatic rings. The Balaban J connectivity index is 2.51. The molecule has 0 fully saturated rings. The first-order valence-corrected chi connectivity index (χ1v) is 8.87. The highest BCUT2D eigenvalue weighted by Crippen LogP contribution is 2.16. The summed E-state index contributed by atoms with van der Waals surface area (Å²) >= 11 is 0. The van der Waals surface area contributed by atoms with E-state index in [2.05, 4.69) is 20.7 Å². The number of rotatable bonds is 8. The summed E-state index contributed by atoms with van der Waals surface area (Å²) in [6.45, 7) is 3.82. The zero-order valence-corrected chi connectivity index (χ0v) is 14.0. The Bertz CT molecular complexity index is 646. The van der Waals surface area contributed by atoms with Crippen molar-refractivity contribution in [3.05, 3.63) is 24.3 Å². The smallest absolute Gasteiger partial charge is 0.314 e. The second-order valence-electron chi connectivity index (χ2n) is 4.87. The van der Waals surface area contributed by atoms with Crippen LogP contribution in [0.3, 0.4) is 0 Å². The molecule has 0 saturated heterocycles. The lowest BCUT2D eigenvalue weighted by atomic mass is 10.3. The lowest BCUT2D eigenvalue weighted by molar-refractivity contribution is -0.114. The molecule has 1 rings (SSSR count). The molecule has 0 bridgehead atoms. The predicted molar refractivity (Wildman–Crippen MR) is 89.8 cm³/mol.